The molecule has 0 heterocycles. The highest BCUT2D eigenvalue weighted by molar-refractivity contribution is 8.13. The van der Waals surface area contributed by atoms with Crippen LogP contribution < -0.4 is 5.73 Å². The first kappa shape index (κ1) is 17.1. The summed E-state index contributed by atoms with van der Waals surface area (Å²) < 4.78 is 0. The topological polar surface area (TPSA) is 94.0 Å². The molecule has 0 aliphatic rings. The fourth-order valence-corrected chi connectivity index (χ4v) is 3.02. The molecule has 0 bridgehead atoms. The van der Waals surface area contributed by atoms with Crippen LogP contribution in [-0.4, -0.2) is 33.4 Å². The van der Waals surface area contributed by atoms with Crippen LogP contribution in [0.5, 0.6) is 0 Å². The molecule has 0 amide bonds. The lowest BCUT2D eigenvalue weighted by Crippen LogP contribution is -2.08. The minimum absolute atomic E-state index is 0.0703. The van der Waals surface area contributed by atoms with E-state index in [1.54, 1.807) is 6.92 Å². The van der Waals surface area contributed by atoms with Crippen molar-refractivity contribution in [3.63, 3.8) is 0 Å². The highest BCUT2D eigenvalue weighted by Gasteiger charge is 2.11. The molecule has 5 N–H and O–H groups in total. The Morgan fingerprint density at radius 2 is 1.90 bits per heavy atom. The smallest absolute Gasteiger partial charge is 0.151 e. The van der Waals surface area contributed by atoms with Crippen molar-refractivity contribution in [1.29, 1.82) is 10.8 Å². The van der Waals surface area contributed by atoms with Crippen LogP contribution >= 0.6 is 23.5 Å². The first-order chi connectivity index (χ1) is 9.52. The number of rotatable bonds is 7. The Hall–Kier alpha value is -0.980. The molecular formula is C14H21N3OS2. The van der Waals surface area contributed by atoms with Crippen LogP contribution in [0.4, 0.5) is 0 Å². The molecule has 1 atom stereocenters. The van der Waals surface area contributed by atoms with Gasteiger partial charge in [0.15, 0.2) is 5.17 Å². The maximum Gasteiger partial charge on any atom is 0.151 e. The number of aryl methyl sites for hydroxylation is 1. The molecule has 0 saturated heterocycles. The van der Waals surface area contributed by atoms with Crippen LogP contribution in [0.2, 0.25) is 0 Å². The Morgan fingerprint density at radius 3 is 2.40 bits per heavy atom. The van der Waals surface area contributed by atoms with Crippen LogP contribution in [0, 0.1) is 10.8 Å². The molecule has 0 spiro atoms. The molecule has 110 valence electrons. The van der Waals surface area contributed by atoms with Gasteiger partial charge in [-0.3, -0.25) is 10.8 Å². The van der Waals surface area contributed by atoms with Gasteiger partial charge in [-0.25, -0.2) is 0 Å². The van der Waals surface area contributed by atoms with Gasteiger partial charge in [-0.1, -0.05) is 36.0 Å². The van der Waals surface area contributed by atoms with Crippen molar-refractivity contribution in [2.24, 2.45) is 5.73 Å². The first-order valence-electron chi connectivity index (χ1n) is 6.37. The van der Waals surface area contributed by atoms with Crippen molar-refractivity contribution < 1.29 is 5.11 Å². The lowest BCUT2D eigenvalue weighted by atomic mass is 10.00. The predicted molar refractivity (Wildman–Crippen MR) is 90.2 cm³/mol. The molecule has 0 aromatic heterocycles. The fraction of sp³-hybridized carbons (Fsp3) is 0.429. The molecule has 1 aromatic carbocycles. The fourth-order valence-electron chi connectivity index (χ4n) is 1.72. The van der Waals surface area contributed by atoms with Gasteiger partial charge in [0.2, 0.25) is 0 Å². The summed E-state index contributed by atoms with van der Waals surface area (Å²) in [6, 6.07) is 8.18. The number of nitrogens with one attached hydrogen (secondary N) is 2. The van der Waals surface area contributed by atoms with Crippen LogP contribution in [-0.2, 0) is 6.42 Å². The highest BCUT2D eigenvalue weighted by Crippen LogP contribution is 2.21. The van der Waals surface area contributed by atoms with Crippen molar-refractivity contribution in [3.8, 4) is 0 Å². The van der Waals surface area contributed by atoms with E-state index in [9.17, 15) is 5.11 Å². The summed E-state index contributed by atoms with van der Waals surface area (Å²) in [5.74, 6) is 1.60. The summed E-state index contributed by atoms with van der Waals surface area (Å²) in [4.78, 5) is 0. The number of aliphatic hydroxyl groups is 1. The quantitative estimate of drug-likeness (QED) is 0.460. The zero-order chi connectivity index (χ0) is 15.0. The molecule has 6 heteroatoms. The summed E-state index contributed by atoms with van der Waals surface area (Å²) in [6.45, 7) is 1.86. The Kier molecular flexibility index (Phi) is 7.72. The number of nitrogens with two attached hydrogens (primary N) is 1. The van der Waals surface area contributed by atoms with Gasteiger partial charge < -0.3 is 10.8 Å². The molecule has 20 heavy (non-hydrogen) atoms. The Bertz CT molecular complexity index is 448. The third kappa shape index (κ3) is 6.45. The molecule has 0 aliphatic carbocycles. The molecule has 4 nitrogen and oxygen atoms in total. The van der Waals surface area contributed by atoms with E-state index in [-0.39, 0.29) is 17.7 Å². The van der Waals surface area contributed by atoms with E-state index in [2.05, 4.69) is 12.1 Å². The molecular weight excluding hydrogens is 290 g/mol. The van der Waals surface area contributed by atoms with E-state index in [4.69, 9.17) is 16.6 Å². The van der Waals surface area contributed by atoms with Crippen molar-refractivity contribution in [2.45, 2.75) is 19.3 Å². The van der Waals surface area contributed by atoms with Gasteiger partial charge in [-0.15, -0.1) is 11.8 Å². The minimum atomic E-state index is 0.0703. The second kappa shape index (κ2) is 9.05. The van der Waals surface area contributed by atoms with E-state index >= 15 is 0 Å². The molecule has 0 aliphatic heterocycles. The summed E-state index contributed by atoms with van der Waals surface area (Å²) in [7, 11) is 0. The van der Waals surface area contributed by atoms with Crippen molar-refractivity contribution in [2.75, 3.05) is 18.1 Å². The van der Waals surface area contributed by atoms with Gasteiger partial charge in [0, 0.05) is 17.4 Å². The largest absolute Gasteiger partial charge is 0.396 e. The molecule has 0 fully saturated rings. The Balaban J connectivity index is 2.54. The maximum absolute atomic E-state index is 9.44. The standard InChI is InChI=1S/C14H21N3OS2/c1-10(15)20-9-13(8-18)12-4-2-11(3-5-12)6-7-19-14(16)17/h2-5,13,15,18H,6-9H2,1H3,(H3,16,17)/t13-/m0/s1. The second-order valence-electron chi connectivity index (χ2n) is 4.45. The van der Waals surface area contributed by atoms with Gasteiger partial charge >= 0.3 is 0 Å². The van der Waals surface area contributed by atoms with Crippen molar-refractivity contribution >= 4 is 33.7 Å². The van der Waals surface area contributed by atoms with E-state index in [1.165, 1.54) is 29.1 Å². The molecule has 1 aromatic rings. The summed E-state index contributed by atoms with van der Waals surface area (Å²) in [5.41, 5.74) is 7.60. The number of hydrogen-bond donors (Lipinski definition) is 4. The Labute approximate surface area is 128 Å². The molecule has 0 unspecified atom stereocenters. The normalized spacial score (nSPS) is 12.1. The van der Waals surface area contributed by atoms with Crippen molar-refractivity contribution in [3.05, 3.63) is 35.4 Å². The monoisotopic (exact) mass is 311 g/mol. The summed E-state index contributed by atoms with van der Waals surface area (Å²) in [5, 5.41) is 24.7. The van der Waals surface area contributed by atoms with Crippen LogP contribution in [0.1, 0.15) is 24.0 Å². The second-order valence-corrected chi connectivity index (χ2v) is 6.82. The zero-order valence-corrected chi connectivity index (χ0v) is 13.2. The molecule has 0 saturated carbocycles. The third-order valence-electron chi connectivity index (χ3n) is 2.82. The van der Waals surface area contributed by atoms with Crippen LogP contribution in [0.3, 0.4) is 0 Å². The van der Waals surface area contributed by atoms with Gasteiger partial charge in [0.25, 0.3) is 0 Å². The first-order valence-corrected chi connectivity index (χ1v) is 8.34. The molecule has 1 rings (SSSR count). The highest BCUT2D eigenvalue weighted by atomic mass is 32.2. The Morgan fingerprint density at radius 1 is 1.25 bits per heavy atom. The lowest BCUT2D eigenvalue weighted by Gasteiger charge is -2.14. The average Bonchev–Trinajstić information content (AvgIpc) is 2.40. The van der Waals surface area contributed by atoms with Gasteiger partial charge in [0.1, 0.15) is 0 Å². The maximum atomic E-state index is 9.44. The van der Waals surface area contributed by atoms with Gasteiger partial charge in [-0.05, 0) is 24.5 Å². The van der Waals surface area contributed by atoms with Gasteiger partial charge in [-0.2, -0.15) is 0 Å². The summed E-state index contributed by atoms with van der Waals surface area (Å²) in [6.07, 6.45) is 0.878. The predicted octanol–water partition coefficient (Wildman–Crippen LogP) is 2.66. The zero-order valence-electron chi connectivity index (χ0n) is 11.6. The van der Waals surface area contributed by atoms with E-state index in [0.29, 0.717) is 5.04 Å². The number of thioether (sulfide) groups is 2. The lowest BCUT2D eigenvalue weighted by molar-refractivity contribution is 0.275. The summed E-state index contributed by atoms with van der Waals surface area (Å²) >= 11 is 2.81. The van der Waals surface area contributed by atoms with E-state index in [0.717, 1.165) is 23.5 Å². The van der Waals surface area contributed by atoms with Crippen molar-refractivity contribution in [1.82, 2.24) is 0 Å². The third-order valence-corrected chi connectivity index (χ3v) is 4.54. The van der Waals surface area contributed by atoms with Gasteiger partial charge in [0.05, 0.1) is 11.7 Å². The molecule has 0 radical (unpaired) electrons. The van der Waals surface area contributed by atoms with E-state index in [1.807, 2.05) is 12.1 Å². The van der Waals surface area contributed by atoms with Crippen LogP contribution in [0.15, 0.2) is 24.3 Å². The SMILES string of the molecule is CC(=N)SC[C@H](CO)c1ccc(CCSC(=N)N)cc1. The number of hydrogen-bond acceptors (Lipinski definition) is 5. The minimum Gasteiger partial charge on any atom is -0.396 e. The van der Waals surface area contributed by atoms with Crippen LogP contribution in [0.25, 0.3) is 0 Å². The number of aliphatic hydroxyl groups excluding tert-OH is 1. The number of amidine groups is 1. The average molecular weight is 311 g/mol. The number of benzene rings is 1. The van der Waals surface area contributed by atoms with E-state index < -0.39 is 0 Å².